The van der Waals surface area contributed by atoms with Gasteiger partial charge in [0.25, 0.3) is 0 Å². The molecule has 2 aromatic rings. The highest BCUT2D eigenvalue weighted by molar-refractivity contribution is 5.35. The van der Waals surface area contributed by atoms with Gasteiger partial charge in [0.1, 0.15) is 24.7 Å². The third kappa shape index (κ3) is 6.03. The van der Waals surface area contributed by atoms with Crippen LogP contribution < -0.4 is 10.1 Å². The minimum Gasteiger partial charge on any atom is -0.508 e. The molecule has 2 aromatic carbocycles. The van der Waals surface area contributed by atoms with Gasteiger partial charge in [0.05, 0.1) is 26.2 Å². The smallest absolute Gasteiger partial charge is 0.137 e. The molecule has 2 bridgehead atoms. The van der Waals surface area contributed by atoms with Crippen molar-refractivity contribution in [1.29, 1.82) is 0 Å². The number of aliphatic hydroxyl groups excluding tert-OH is 1. The maximum atomic E-state index is 9.68. The van der Waals surface area contributed by atoms with Gasteiger partial charge in [-0.3, -0.25) is 0 Å². The molecule has 0 radical (unpaired) electrons. The van der Waals surface area contributed by atoms with E-state index >= 15 is 0 Å². The van der Waals surface area contributed by atoms with Crippen molar-refractivity contribution in [2.45, 2.75) is 51.7 Å². The molecule has 1 atom stereocenters. The van der Waals surface area contributed by atoms with Crippen molar-refractivity contribution in [3.05, 3.63) is 59.2 Å². The summed E-state index contributed by atoms with van der Waals surface area (Å²) >= 11 is 0. The van der Waals surface area contributed by atoms with Crippen LogP contribution in [-0.2, 0) is 19.4 Å². The second-order valence-corrected chi connectivity index (χ2v) is 9.89. The number of aliphatic hydroxyl groups is 1. The van der Waals surface area contributed by atoms with Gasteiger partial charge in [-0.15, -0.1) is 0 Å². The summed E-state index contributed by atoms with van der Waals surface area (Å²) in [5.74, 6) is 2.14. The minimum atomic E-state index is -0.135. The Kier molecular flexibility index (Phi) is 7.71. The highest BCUT2D eigenvalue weighted by Gasteiger charge is 2.39. The fraction of sp³-hybridized carbons (Fsp3) is 0.556. The van der Waals surface area contributed by atoms with Crippen LogP contribution in [0.15, 0.2) is 42.5 Å². The first-order chi connectivity index (χ1) is 15.5. The third-order valence-electron chi connectivity index (χ3n) is 7.56. The summed E-state index contributed by atoms with van der Waals surface area (Å²) in [6.07, 6.45) is 6.09. The summed E-state index contributed by atoms with van der Waals surface area (Å²) in [4.78, 5) is 0. The first-order valence-electron chi connectivity index (χ1n) is 12.3. The van der Waals surface area contributed by atoms with Gasteiger partial charge in [-0.05, 0) is 86.9 Å². The second-order valence-electron chi connectivity index (χ2n) is 9.89. The highest BCUT2D eigenvalue weighted by atomic mass is 16.5. The van der Waals surface area contributed by atoms with Crippen molar-refractivity contribution >= 4 is 0 Å². The summed E-state index contributed by atoms with van der Waals surface area (Å²) in [5, 5.41) is 22.5. The average Bonchev–Trinajstić information content (AvgIpc) is 2.82. The Morgan fingerprint density at radius 3 is 2.41 bits per heavy atom. The van der Waals surface area contributed by atoms with E-state index in [9.17, 15) is 10.2 Å². The van der Waals surface area contributed by atoms with Crippen LogP contribution in [0.4, 0.5) is 0 Å². The number of phenols is 1. The molecule has 0 spiro atoms. The van der Waals surface area contributed by atoms with E-state index in [1.807, 2.05) is 12.1 Å². The minimum absolute atomic E-state index is 0.135. The van der Waals surface area contributed by atoms with Gasteiger partial charge < -0.3 is 24.7 Å². The zero-order valence-electron chi connectivity index (χ0n) is 19.4. The number of quaternary nitrogens is 1. The number of ether oxygens (including phenoxy) is 1. The molecule has 3 aliphatic heterocycles. The predicted molar refractivity (Wildman–Crippen MR) is 128 cm³/mol. The first-order valence-corrected chi connectivity index (χ1v) is 12.3. The monoisotopic (exact) mass is 439 g/mol. The number of piperidine rings is 3. The Hall–Kier alpha value is -2.08. The van der Waals surface area contributed by atoms with Crippen molar-refractivity contribution in [3.8, 4) is 11.5 Å². The predicted octanol–water partition coefficient (Wildman–Crippen LogP) is 3.66. The number of nitrogens with one attached hydrogen (secondary N) is 1. The standard InChI is InChI=1S/C27H38N2O3/c1-21(28-12-8-24-4-7-27(31)25(19-24)20-30)18-23-2-5-26(6-3-23)32-17-16-29-13-9-22(10-14-29)11-15-29/h2-7,19,21-22,28,30H,8-18,20H2,1H3/p+1/t21-,22?,29?/m1/s1. The van der Waals surface area contributed by atoms with E-state index in [1.165, 1.54) is 48.9 Å². The molecule has 3 aliphatic rings. The molecule has 0 aliphatic carbocycles. The molecule has 5 heteroatoms. The Labute approximate surface area is 192 Å². The molecule has 5 rings (SSSR count). The number of hydrogen-bond donors (Lipinski definition) is 3. The summed E-state index contributed by atoms with van der Waals surface area (Å²) in [6, 6.07) is 14.4. The molecule has 0 unspecified atom stereocenters. The average molecular weight is 440 g/mol. The van der Waals surface area contributed by atoms with E-state index in [0.717, 1.165) is 49.8 Å². The van der Waals surface area contributed by atoms with E-state index in [0.29, 0.717) is 11.6 Å². The molecule has 3 saturated heterocycles. The Morgan fingerprint density at radius 2 is 1.72 bits per heavy atom. The van der Waals surface area contributed by atoms with Gasteiger partial charge >= 0.3 is 0 Å². The normalized spacial score (nSPS) is 23.2. The topological polar surface area (TPSA) is 61.7 Å². The number of nitrogens with zero attached hydrogens (tertiary/aromatic N) is 1. The molecule has 0 amide bonds. The highest BCUT2D eigenvalue weighted by Crippen LogP contribution is 2.33. The summed E-state index contributed by atoms with van der Waals surface area (Å²) < 4.78 is 7.37. The van der Waals surface area contributed by atoms with Crippen LogP contribution in [0.1, 0.15) is 42.9 Å². The lowest BCUT2D eigenvalue weighted by Gasteiger charge is -2.49. The van der Waals surface area contributed by atoms with Gasteiger partial charge in [-0.2, -0.15) is 0 Å². The molecule has 0 saturated carbocycles. The second kappa shape index (κ2) is 10.7. The third-order valence-corrected chi connectivity index (χ3v) is 7.56. The van der Waals surface area contributed by atoms with Crippen LogP contribution in [0.25, 0.3) is 0 Å². The lowest BCUT2D eigenvalue weighted by atomic mass is 9.86. The number of rotatable bonds is 11. The number of hydrogen-bond acceptors (Lipinski definition) is 4. The lowest BCUT2D eigenvalue weighted by Crippen LogP contribution is -2.59. The van der Waals surface area contributed by atoms with Crippen LogP contribution in [0.3, 0.4) is 0 Å². The number of aromatic hydroxyl groups is 1. The van der Waals surface area contributed by atoms with Crippen molar-refractivity contribution in [2.24, 2.45) is 5.92 Å². The summed E-state index contributed by atoms with van der Waals surface area (Å²) in [6.45, 7) is 8.96. The largest absolute Gasteiger partial charge is 0.508 e. The van der Waals surface area contributed by atoms with Crippen LogP contribution in [0.5, 0.6) is 11.5 Å². The first kappa shape index (κ1) is 23.1. The van der Waals surface area contributed by atoms with E-state index in [1.54, 1.807) is 6.07 Å². The fourth-order valence-electron chi connectivity index (χ4n) is 5.36. The fourth-order valence-corrected chi connectivity index (χ4v) is 5.36. The van der Waals surface area contributed by atoms with Gasteiger partial charge in [0.2, 0.25) is 0 Å². The molecule has 3 N–H and O–H groups in total. The van der Waals surface area contributed by atoms with Gasteiger partial charge in [0.15, 0.2) is 0 Å². The van der Waals surface area contributed by atoms with E-state index in [4.69, 9.17) is 4.74 Å². The Bertz CT molecular complexity index is 846. The molecular formula is C27H39N2O3+. The van der Waals surface area contributed by atoms with Crippen LogP contribution in [0, 0.1) is 5.92 Å². The van der Waals surface area contributed by atoms with Crippen molar-refractivity contribution in [1.82, 2.24) is 5.32 Å². The molecule has 174 valence electrons. The van der Waals surface area contributed by atoms with Gasteiger partial charge in [-0.25, -0.2) is 0 Å². The summed E-state index contributed by atoms with van der Waals surface area (Å²) in [7, 11) is 0. The van der Waals surface area contributed by atoms with Crippen LogP contribution in [0.2, 0.25) is 0 Å². The van der Waals surface area contributed by atoms with Crippen molar-refractivity contribution in [3.63, 3.8) is 0 Å². The maximum Gasteiger partial charge on any atom is 0.137 e. The lowest BCUT2D eigenvalue weighted by molar-refractivity contribution is -0.942. The van der Waals surface area contributed by atoms with E-state index in [-0.39, 0.29) is 12.4 Å². The maximum absolute atomic E-state index is 9.68. The molecular weight excluding hydrogens is 400 g/mol. The van der Waals surface area contributed by atoms with Crippen molar-refractivity contribution < 1.29 is 19.4 Å². The molecule has 32 heavy (non-hydrogen) atoms. The van der Waals surface area contributed by atoms with Crippen molar-refractivity contribution in [2.75, 3.05) is 39.3 Å². The van der Waals surface area contributed by atoms with Gasteiger partial charge in [-0.1, -0.05) is 18.2 Å². The van der Waals surface area contributed by atoms with Crippen LogP contribution >= 0.6 is 0 Å². The summed E-state index contributed by atoms with van der Waals surface area (Å²) in [5.41, 5.74) is 3.01. The Morgan fingerprint density at radius 1 is 1.03 bits per heavy atom. The molecule has 0 aromatic heterocycles. The number of benzene rings is 2. The number of fused-ring (bicyclic) bond motifs is 3. The van der Waals surface area contributed by atoms with E-state index < -0.39 is 0 Å². The zero-order chi connectivity index (χ0) is 22.4. The zero-order valence-corrected chi connectivity index (χ0v) is 19.4. The Balaban J connectivity index is 1.16. The SMILES string of the molecule is C[C@H](Cc1ccc(OCC[N+]23CCC(CC2)CC3)cc1)NCCc1ccc(O)c(CO)c1. The quantitative estimate of drug-likeness (QED) is 0.468. The molecule has 3 fully saturated rings. The van der Waals surface area contributed by atoms with Crippen LogP contribution in [-0.4, -0.2) is 60.1 Å². The molecule has 3 heterocycles. The van der Waals surface area contributed by atoms with Gasteiger partial charge in [0, 0.05) is 11.6 Å². The van der Waals surface area contributed by atoms with E-state index in [2.05, 4.69) is 36.5 Å². The molecule has 5 nitrogen and oxygen atoms in total.